The molecule has 3 rings (SSSR count). The van der Waals surface area contributed by atoms with E-state index >= 15 is 0 Å². The molecule has 0 saturated carbocycles. The van der Waals surface area contributed by atoms with Crippen molar-refractivity contribution in [3.05, 3.63) is 89.0 Å². The first-order valence-electron chi connectivity index (χ1n) is 8.98. The van der Waals surface area contributed by atoms with Crippen LogP contribution in [0.3, 0.4) is 0 Å². The van der Waals surface area contributed by atoms with E-state index in [9.17, 15) is 4.79 Å². The maximum absolute atomic E-state index is 12.6. The largest absolute Gasteiger partial charge is 0.355 e. The van der Waals surface area contributed by atoms with E-state index in [2.05, 4.69) is 35.8 Å². The van der Waals surface area contributed by atoms with Crippen LogP contribution < -0.4 is 10.7 Å². The number of aryl methyl sites for hydroxylation is 1. The van der Waals surface area contributed by atoms with Gasteiger partial charge in [0.1, 0.15) is 0 Å². The first-order chi connectivity index (χ1) is 13.6. The second-order valence-electron chi connectivity index (χ2n) is 6.39. The van der Waals surface area contributed by atoms with Crippen LogP contribution in [-0.2, 0) is 0 Å². The Morgan fingerprint density at radius 1 is 0.929 bits per heavy atom. The minimum atomic E-state index is -0.259. The fourth-order valence-electron chi connectivity index (χ4n) is 2.74. The molecule has 3 aromatic rings. The van der Waals surface area contributed by atoms with E-state index in [0.717, 1.165) is 22.5 Å². The predicted molar refractivity (Wildman–Crippen MR) is 119 cm³/mol. The quantitative estimate of drug-likeness (QED) is 0.331. The van der Waals surface area contributed by atoms with E-state index < -0.39 is 0 Å². The molecule has 0 unspecified atom stereocenters. The van der Waals surface area contributed by atoms with Crippen molar-refractivity contribution in [2.24, 2.45) is 5.10 Å². The van der Waals surface area contributed by atoms with Crippen LogP contribution in [-0.4, -0.2) is 18.4 Å². The van der Waals surface area contributed by atoms with Gasteiger partial charge in [-0.3, -0.25) is 4.79 Å². The van der Waals surface area contributed by atoms with Crippen LogP contribution in [0.25, 0.3) is 0 Å². The molecule has 4 nitrogen and oxygen atoms in total. The summed E-state index contributed by atoms with van der Waals surface area (Å²) in [4.78, 5) is 13.8. The summed E-state index contributed by atoms with van der Waals surface area (Å²) < 4.78 is 0. The highest BCUT2D eigenvalue weighted by Crippen LogP contribution is 2.25. The van der Waals surface area contributed by atoms with E-state index in [-0.39, 0.29) is 5.91 Å². The standard InChI is InChI=1S/C23H23N3OS/c1-16-7-6-10-21(17(16)2)25-22-9-5-4-8-20(22)23(27)26-24-15-18-11-13-19(28-3)14-12-18/h4-15,25H,1-3H3,(H,26,27)/b24-15+. The van der Waals surface area contributed by atoms with Gasteiger partial charge in [-0.1, -0.05) is 36.4 Å². The highest BCUT2D eigenvalue weighted by molar-refractivity contribution is 7.98. The Hall–Kier alpha value is -3.05. The van der Waals surface area contributed by atoms with Gasteiger partial charge in [0.05, 0.1) is 17.5 Å². The average molecular weight is 390 g/mol. The number of carbonyl (C=O) groups excluding carboxylic acids is 1. The number of thioether (sulfide) groups is 1. The molecule has 0 radical (unpaired) electrons. The second-order valence-corrected chi connectivity index (χ2v) is 7.27. The van der Waals surface area contributed by atoms with Crippen LogP contribution in [0.15, 0.2) is 76.7 Å². The Balaban J connectivity index is 1.73. The zero-order valence-electron chi connectivity index (χ0n) is 16.2. The number of hydrazone groups is 1. The van der Waals surface area contributed by atoms with Gasteiger partial charge < -0.3 is 5.32 Å². The lowest BCUT2D eigenvalue weighted by Crippen LogP contribution is -2.19. The minimum Gasteiger partial charge on any atom is -0.355 e. The molecule has 3 aromatic carbocycles. The number of rotatable bonds is 6. The molecule has 0 heterocycles. The van der Waals surface area contributed by atoms with E-state index in [1.807, 2.05) is 60.9 Å². The third-order valence-electron chi connectivity index (χ3n) is 4.54. The molecule has 0 atom stereocenters. The smallest absolute Gasteiger partial charge is 0.273 e. The molecule has 0 bridgehead atoms. The monoisotopic (exact) mass is 389 g/mol. The SMILES string of the molecule is CSc1ccc(/C=N/NC(=O)c2ccccc2Nc2cccc(C)c2C)cc1. The summed E-state index contributed by atoms with van der Waals surface area (Å²) in [6.45, 7) is 4.13. The lowest BCUT2D eigenvalue weighted by atomic mass is 10.1. The molecule has 0 spiro atoms. The maximum Gasteiger partial charge on any atom is 0.273 e. The van der Waals surface area contributed by atoms with Gasteiger partial charge in [0.2, 0.25) is 0 Å². The van der Waals surface area contributed by atoms with Crippen molar-refractivity contribution in [3.8, 4) is 0 Å². The van der Waals surface area contributed by atoms with Gasteiger partial charge in [-0.25, -0.2) is 5.43 Å². The Morgan fingerprint density at radius 3 is 2.39 bits per heavy atom. The molecule has 5 heteroatoms. The molecule has 142 valence electrons. The summed E-state index contributed by atoms with van der Waals surface area (Å²) in [6.07, 6.45) is 3.68. The highest BCUT2D eigenvalue weighted by Gasteiger charge is 2.11. The normalized spacial score (nSPS) is 10.8. The van der Waals surface area contributed by atoms with Gasteiger partial charge in [0, 0.05) is 10.6 Å². The number of benzene rings is 3. The van der Waals surface area contributed by atoms with Crippen molar-refractivity contribution in [2.75, 3.05) is 11.6 Å². The third kappa shape index (κ3) is 4.81. The molecule has 2 N–H and O–H groups in total. The van der Waals surface area contributed by atoms with Crippen LogP contribution in [0.1, 0.15) is 27.0 Å². The molecule has 0 fully saturated rings. The van der Waals surface area contributed by atoms with Gasteiger partial charge in [0.15, 0.2) is 0 Å². The van der Waals surface area contributed by atoms with Gasteiger partial charge in [-0.2, -0.15) is 5.10 Å². The molecular weight excluding hydrogens is 366 g/mol. The molecule has 1 amide bonds. The Labute approximate surface area is 170 Å². The van der Waals surface area contributed by atoms with Crippen LogP contribution in [0.5, 0.6) is 0 Å². The summed E-state index contributed by atoms with van der Waals surface area (Å²) >= 11 is 1.69. The topological polar surface area (TPSA) is 53.5 Å². The van der Waals surface area contributed by atoms with Crippen LogP contribution in [0.2, 0.25) is 0 Å². The van der Waals surface area contributed by atoms with Gasteiger partial charge >= 0.3 is 0 Å². The fraction of sp³-hybridized carbons (Fsp3) is 0.130. The van der Waals surface area contributed by atoms with E-state index in [1.54, 1.807) is 24.0 Å². The lowest BCUT2D eigenvalue weighted by Gasteiger charge is -2.14. The van der Waals surface area contributed by atoms with Crippen molar-refractivity contribution in [3.63, 3.8) is 0 Å². The number of amides is 1. The first-order valence-corrected chi connectivity index (χ1v) is 10.2. The number of para-hydroxylation sites is 1. The van der Waals surface area contributed by atoms with E-state index in [1.165, 1.54) is 10.5 Å². The number of nitrogens with one attached hydrogen (secondary N) is 2. The average Bonchev–Trinajstić information content (AvgIpc) is 2.72. The molecule has 0 aliphatic heterocycles. The van der Waals surface area contributed by atoms with E-state index in [0.29, 0.717) is 5.56 Å². The summed E-state index contributed by atoms with van der Waals surface area (Å²) in [7, 11) is 0. The Morgan fingerprint density at radius 2 is 1.64 bits per heavy atom. The molecule has 28 heavy (non-hydrogen) atoms. The zero-order valence-corrected chi connectivity index (χ0v) is 17.0. The highest BCUT2D eigenvalue weighted by atomic mass is 32.2. The van der Waals surface area contributed by atoms with Gasteiger partial charge in [0.25, 0.3) is 5.91 Å². The number of hydrogen-bond donors (Lipinski definition) is 2. The maximum atomic E-state index is 12.6. The summed E-state index contributed by atoms with van der Waals surface area (Å²) in [6, 6.07) is 21.5. The van der Waals surface area contributed by atoms with Crippen molar-refractivity contribution in [1.29, 1.82) is 0 Å². The van der Waals surface area contributed by atoms with Crippen molar-refractivity contribution >= 4 is 35.3 Å². The summed E-state index contributed by atoms with van der Waals surface area (Å²) in [5.41, 5.74) is 8.17. The minimum absolute atomic E-state index is 0.259. The predicted octanol–water partition coefficient (Wildman–Crippen LogP) is 5.53. The molecule has 0 aliphatic carbocycles. The van der Waals surface area contributed by atoms with Crippen molar-refractivity contribution in [1.82, 2.24) is 5.43 Å². The van der Waals surface area contributed by atoms with Gasteiger partial charge in [-0.05, 0) is 67.1 Å². The molecule has 0 aliphatic rings. The van der Waals surface area contributed by atoms with Crippen LogP contribution in [0.4, 0.5) is 11.4 Å². The number of anilines is 2. The molecule has 0 aromatic heterocycles. The Bertz CT molecular complexity index is 997. The first kappa shape index (κ1) is 19.7. The molecular formula is C23H23N3OS. The fourth-order valence-corrected chi connectivity index (χ4v) is 3.15. The number of hydrogen-bond acceptors (Lipinski definition) is 4. The lowest BCUT2D eigenvalue weighted by molar-refractivity contribution is 0.0956. The number of nitrogens with zero attached hydrogens (tertiary/aromatic N) is 1. The number of carbonyl (C=O) groups is 1. The van der Waals surface area contributed by atoms with Crippen molar-refractivity contribution in [2.45, 2.75) is 18.7 Å². The summed E-state index contributed by atoms with van der Waals surface area (Å²) in [5, 5.41) is 7.46. The third-order valence-corrected chi connectivity index (χ3v) is 5.28. The van der Waals surface area contributed by atoms with E-state index in [4.69, 9.17) is 0 Å². The zero-order chi connectivity index (χ0) is 19.9. The van der Waals surface area contributed by atoms with Gasteiger partial charge in [-0.15, -0.1) is 11.8 Å². The molecule has 0 saturated heterocycles. The second kappa shape index (κ2) is 9.24. The summed E-state index contributed by atoms with van der Waals surface area (Å²) in [5.74, 6) is -0.259. The van der Waals surface area contributed by atoms with Crippen LogP contribution in [0, 0.1) is 13.8 Å². The van der Waals surface area contributed by atoms with Crippen molar-refractivity contribution < 1.29 is 4.79 Å². The van der Waals surface area contributed by atoms with Crippen LogP contribution >= 0.6 is 11.8 Å². The Kier molecular flexibility index (Phi) is 6.50.